The highest BCUT2D eigenvalue weighted by atomic mass is 16.3. The maximum atomic E-state index is 9.73. The Morgan fingerprint density at radius 3 is 1.78 bits per heavy atom. The first kappa shape index (κ1) is 13.6. The second-order valence-electron chi connectivity index (χ2n) is 5.73. The number of aromatic hydroxyl groups is 2. The second kappa shape index (κ2) is 5.29. The van der Waals surface area contributed by atoms with Crippen molar-refractivity contribution in [1.29, 1.82) is 0 Å². The number of pyridine rings is 1. The standard InChI is InChI=1S/C20H15NO2/c22-14-9-13(10-15(23)12-14)11-18-16-5-1-3-7-19(16)21-20-8-4-2-6-17(18)20/h1-10,12,22-23H,11H2/p+1. The van der Waals surface area contributed by atoms with Crippen LogP contribution in [-0.4, -0.2) is 10.2 Å². The summed E-state index contributed by atoms with van der Waals surface area (Å²) < 4.78 is 0. The van der Waals surface area contributed by atoms with Gasteiger partial charge in [0.25, 0.3) is 0 Å². The summed E-state index contributed by atoms with van der Waals surface area (Å²) in [6, 6.07) is 21.1. The van der Waals surface area contributed by atoms with Crippen LogP contribution in [0.25, 0.3) is 21.8 Å². The molecule has 4 rings (SSSR count). The van der Waals surface area contributed by atoms with Gasteiger partial charge in [0.05, 0.1) is 10.8 Å². The van der Waals surface area contributed by atoms with Gasteiger partial charge in [-0.15, -0.1) is 0 Å². The molecule has 4 aromatic rings. The molecule has 3 aromatic carbocycles. The lowest BCUT2D eigenvalue weighted by molar-refractivity contribution is -0.310. The number of hydrogen-bond acceptors (Lipinski definition) is 2. The van der Waals surface area contributed by atoms with Gasteiger partial charge in [0.2, 0.25) is 11.0 Å². The Balaban J connectivity index is 1.99. The Hall–Kier alpha value is -3.07. The van der Waals surface area contributed by atoms with Gasteiger partial charge in [-0.05, 0) is 41.8 Å². The van der Waals surface area contributed by atoms with Crippen molar-refractivity contribution in [2.75, 3.05) is 0 Å². The number of aromatic nitrogens is 1. The average molecular weight is 302 g/mol. The van der Waals surface area contributed by atoms with Crippen LogP contribution in [0.1, 0.15) is 11.1 Å². The van der Waals surface area contributed by atoms with Crippen LogP contribution in [0.5, 0.6) is 11.5 Å². The molecule has 3 N–H and O–H groups in total. The maximum absolute atomic E-state index is 9.73. The SMILES string of the molecule is Oc1cc(O)cc(Cc2c3ccccc3[nH+]c3ccccc23)c1. The minimum absolute atomic E-state index is 0.0797. The first-order chi connectivity index (χ1) is 11.2. The van der Waals surface area contributed by atoms with Crippen LogP contribution in [0.15, 0.2) is 66.7 Å². The number of H-pyrrole nitrogens is 1. The predicted octanol–water partition coefficient (Wildman–Crippen LogP) is 3.81. The minimum atomic E-state index is 0.0797. The Labute approximate surface area is 133 Å². The van der Waals surface area contributed by atoms with Gasteiger partial charge in [-0.2, -0.15) is 0 Å². The average Bonchev–Trinajstić information content (AvgIpc) is 2.54. The summed E-state index contributed by atoms with van der Waals surface area (Å²) in [5.41, 5.74) is 4.21. The number of benzene rings is 3. The van der Waals surface area contributed by atoms with Crippen molar-refractivity contribution in [3.8, 4) is 11.5 Å². The molecule has 0 aliphatic rings. The molecule has 1 aromatic heterocycles. The van der Waals surface area contributed by atoms with E-state index in [1.54, 1.807) is 12.1 Å². The third-order valence-electron chi connectivity index (χ3n) is 4.12. The van der Waals surface area contributed by atoms with Crippen LogP contribution in [0.4, 0.5) is 0 Å². The summed E-state index contributed by atoms with van der Waals surface area (Å²) in [6.07, 6.45) is 0.637. The van der Waals surface area contributed by atoms with E-state index < -0.39 is 0 Å². The van der Waals surface area contributed by atoms with Gasteiger partial charge in [-0.25, -0.2) is 4.98 Å². The summed E-state index contributed by atoms with van der Waals surface area (Å²) in [6.45, 7) is 0. The Morgan fingerprint density at radius 2 is 1.22 bits per heavy atom. The lowest BCUT2D eigenvalue weighted by Crippen LogP contribution is -2.08. The monoisotopic (exact) mass is 302 g/mol. The van der Waals surface area contributed by atoms with Crippen molar-refractivity contribution in [2.45, 2.75) is 6.42 Å². The zero-order valence-corrected chi connectivity index (χ0v) is 12.5. The van der Waals surface area contributed by atoms with Gasteiger partial charge in [0, 0.05) is 18.2 Å². The summed E-state index contributed by atoms with van der Waals surface area (Å²) in [5.74, 6) is 0.159. The normalized spacial score (nSPS) is 11.1. The molecule has 0 spiro atoms. The molecular weight excluding hydrogens is 286 g/mol. The number of para-hydroxylation sites is 2. The van der Waals surface area contributed by atoms with Crippen LogP contribution in [0, 0.1) is 0 Å². The van der Waals surface area contributed by atoms with E-state index in [-0.39, 0.29) is 11.5 Å². The quantitative estimate of drug-likeness (QED) is 0.553. The Morgan fingerprint density at radius 1 is 0.696 bits per heavy atom. The zero-order chi connectivity index (χ0) is 15.8. The molecule has 0 aliphatic heterocycles. The molecule has 1 heterocycles. The van der Waals surface area contributed by atoms with Crippen LogP contribution in [0.2, 0.25) is 0 Å². The molecule has 112 valence electrons. The van der Waals surface area contributed by atoms with Crippen molar-refractivity contribution in [2.24, 2.45) is 0 Å². The zero-order valence-electron chi connectivity index (χ0n) is 12.5. The van der Waals surface area contributed by atoms with Crippen molar-refractivity contribution in [1.82, 2.24) is 0 Å². The second-order valence-corrected chi connectivity index (χ2v) is 5.73. The van der Waals surface area contributed by atoms with Gasteiger partial charge in [-0.3, -0.25) is 0 Å². The number of phenolic OH excluding ortho intramolecular Hbond substituents is 2. The number of rotatable bonds is 2. The lowest BCUT2D eigenvalue weighted by atomic mass is 9.96. The summed E-state index contributed by atoms with van der Waals surface area (Å²) in [4.78, 5) is 3.46. The lowest BCUT2D eigenvalue weighted by Gasteiger charge is -2.08. The predicted molar refractivity (Wildman–Crippen MR) is 90.6 cm³/mol. The molecule has 23 heavy (non-hydrogen) atoms. The Bertz CT molecular complexity index is 950. The van der Waals surface area contributed by atoms with E-state index in [0.717, 1.165) is 27.4 Å². The molecular formula is C20H16NO2+. The molecule has 0 bridgehead atoms. The van der Waals surface area contributed by atoms with E-state index in [1.807, 2.05) is 24.3 Å². The van der Waals surface area contributed by atoms with Gasteiger partial charge >= 0.3 is 0 Å². The minimum Gasteiger partial charge on any atom is -0.508 e. The molecule has 3 nitrogen and oxygen atoms in total. The van der Waals surface area contributed by atoms with Crippen molar-refractivity contribution < 1.29 is 15.2 Å². The molecule has 0 amide bonds. The van der Waals surface area contributed by atoms with Crippen LogP contribution < -0.4 is 4.98 Å². The summed E-state index contributed by atoms with van der Waals surface area (Å²) in [5, 5.41) is 21.8. The van der Waals surface area contributed by atoms with E-state index in [9.17, 15) is 10.2 Å². The molecule has 0 atom stereocenters. The van der Waals surface area contributed by atoms with E-state index in [0.29, 0.717) is 6.42 Å². The van der Waals surface area contributed by atoms with E-state index >= 15 is 0 Å². The topological polar surface area (TPSA) is 54.6 Å². The Kier molecular flexibility index (Phi) is 3.12. The molecule has 0 fully saturated rings. The highest BCUT2D eigenvalue weighted by Crippen LogP contribution is 2.28. The number of fused-ring (bicyclic) bond motifs is 2. The number of aromatic amines is 1. The van der Waals surface area contributed by atoms with Crippen molar-refractivity contribution in [3.63, 3.8) is 0 Å². The fourth-order valence-corrected chi connectivity index (χ4v) is 3.15. The molecule has 0 saturated carbocycles. The smallest absolute Gasteiger partial charge is 0.211 e. The first-order valence-electron chi connectivity index (χ1n) is 7.54. The fraction of sp³-hybridized carbons (Fsp3) is 0.0500. The van der Waals surface area contributed by atoms with E-state index in [4.69, 9.17) is 0 Å². The third-order valence-corrected chi connectivity index (χ3v) is 4.12. The number of hydrogen-bond donors (Lipinski definition) is 2. The van der Waals surface area contributed by atoms with Gasteiger partial charge < -0.3 is 10.2 Å². The fourth-order valence-electron chi connectivity index (χ4n) is 3.15. The third kappa shape index (κ3) is 2.46. The van der Waals surface area contributed by atoms with Gasteiger partial charge in [0.1, 0.15) is 11.5 Å². The first-order valence-corrected chi connectivity index (χ1v) is 7.54. The van der Waals surface area contributed by atoms with E-state index in [1.165, 1.54) is 11.6 Å². The van der Waals surface area contributed by atoms with Crippen LogP contribution >= 0.6 is 0 Å². The largest absolute Gasteiger partial charge is 0.508 e. The van der Waals surface area contributed by atoms with Gasteiger partial charge in [0.15, 0.2) is 0 Å². The van der Waals surface area contributed by atoms with Crippen LogP contribution in [-0.2, 0) is 6.42 Å². The summed E-state index contributed by atoms with van der Waals surface area (Å²) in [7, 11) is 0. The van der Waals surface area contributed by atoms with Crippen molar-refractivity contribution >= 4 is 21.8 Å². The summed E-state index contributed by atoms with van der Waals surface area (Å²) >= 11 is 0. The number of phenols is 2. The molecule has 3 heteroatoms. The number of nitrogens with one attached hydrogen (secondary N) is 1. The van der Waals surface area contributed by atoms with Crippen molar-refractivity contribution in [3.05, 3.63) is 77.9 Å². The highest BCUT2D eigenvalue weighted by molar-refractivity contribution is 5.93. The highest BCUT2D eigenvalue weighted by Gasteiger charge is 2.14. The maximum Gasteiger partial charge on any atom is 0.211 e. The molecule has 0 unspecified atom stereocenters. The molecule has 0 saturated heterocycles. The molecule has 0 aliphatic carbocycles. The van der Waals surface area contributed by atoms with Crippen LogP contribution in [0.3, 0.4) is 0 Å². The van der Waals surface area contributed by atoms with E-state index in [2.05, 4.69) is 29.2 Å². The molecule has 0 radical (unpaired) electrons. The van der Waals surface area contributed by atoms with Gasteiger partial charge in [-0.1, -0.05) is 24.3 Å².